The molecule has 1 aliphatic rings. The summed E-state index contributed by atoms with van der Waals surface area (Å²) in [5, 5.41) is 17.3. The van der Waals surface area contributed by atoms with Crippen LogP contribution in [-0.4, -0.2) is 11.2 Å². The molecule has 1 rings (SSSR count). The van der Waals surface area contributed by atoms with Crippen molar-refractivity contribution in [2.24, 2.45) is 5.92 Å². The predicted octanol–water partition coefficient (Wildman–Crippen LogP) is 0.671. The molecular weight excluding hydrogens is 102 g/mol. The van der Waals surface area contributed by atoms with Gasteiger partial charge in [0.05, 0.1) is 18.1 Å². The van der Waals surface area contributed by atoms with Crippen molar-refractivity contribution >= 4 is 0 Å². The first-order chi connectivity index (χ1) is 3.84. The van der Waals surface area contributed by atoms with E-state index in [9.17, 15) is 0 Å². The lowest BCUT2D eigenvalue weighted by Gasteiger charge is -2.01. The fraction of sp³-hybridized carbons (Fsp3) is 0.833. The van der Waals surface area contributed by atoms with Crippen molar-refractivity contribution in [2.75, 3.05) is 0 Å². The smallest absolute Gasteiger partial charge is 0.0722 e. The molecule has 0 aromatic carbocycles. The normalized spacial score (nSPS) is 37.0. The van der Waals surface area contributed by atoms with Crippen LogP contribution in [0, 0.1) is 17.2 Å². The Labute approximate surface area is 48.7 Å². The van der Waals surface area contributed by atoms with Gasteiger partial charge in [0.1, 0.15) is 0 Å². The maximum atomic E-state index is 8.97. The molecule has 0 aromatic heterocycles. The second-order valence-electron chi connectivity index (χ2n) is 2.23. The van der Waals surface area contributed by atoms with Gasteiger partial charge in [0, 0.05) is 0 Å². The third kappa shape index (κ3) is 0.823. The van der Waals surface area contributed by atoms with Crippen LogP contribution < -0.4 is 0 Å². The monoisotopic (exact) mass is 111 g/mol. The average molecular weight is 111 g/mol. The van der Waals surface area contributed by atoms with Crippen molar-refractivity contribution in [2.45, 2.75) is 25.4 Å². The molecule has 0 saturated heterocycles. The van der Waals surface area contributed by atoms with E-state index in [1.54, 1.807) is 0 Å². The molecule has 0 radical (unpaired) electrons. The molecule has 1 aliphatic carbocycles. The van der Waals surface area contributed by atoms with E-state index in [1.807, 2.05) is 0 Å². The summed E-state index contributed by atoms with van der Waals surface area (Å²) in [5.41, 5.74) is 0. The zero-order valence-electron chi connectivity index (χ0n) is 4.67. The summed E-state index contributed by atoms with van der Waals surface area (Å²) in [6, 6.07) is 2.06. The lowest BCUT2D eigenvalue weighted by molar-refractivity contribution is 0.156. The molecule has 1 saturated carbocycles. The molecule has 0 bridgehead atoms. The third-order valence-electron chi connectivity index (χ3n) is 1.65. The van der Waals surface area contributed by atoms with E-state index in [0.29, 0.717) is 0 Å². The summed E-state index contributed by atoms with van der Waals surface area (Å²) in [4.78, 5) is 0. The highest BCUT2D eigenvalue weighted by molar-refractivity contribution is 4.92. The molecule has 8 heavy (non-hydrogen) atoms. The van der Waals surface area contributed by atoms with Gasteiger partial charge in [-0.05, 0) is 19.3 Å². The van der Waals surface area contributed by atoms with Crippen LogP contribution in [0.15, 0.2) is 0 Å². The number of hydrogen-bond acceptors (Lipinski definition) is 2. The maximum Gasteiger partial charge on any atom is 0.0722 e. The highest BCUT2D eigenvalue weighted by Crippen LogP contribution is 2.23. The number of hydrogen-bond donors (Lipinski definition) is 1. The Morgan fingerprint density at radius 3 is 2.50 bits per heavy atom. The van der Waals surface area contributed by atoms with Gasteiger partial charge in [-0.2, -0.15) is 5.26 Å². The lowest BCUT2D eigenvalue weighted by atomic mass is 10.1. The summed E-state index contributed by atoms with van der Waals surface area (Å²) in [6.07, 6.45) is 2.38. The van der Waals surface area contributed by atoms with Crippen LogP contribution in [0.4, 0.5) is 0 Å². The Morgan fingerprint density at radius 2 is 2.25 bits per heavy atom. The van der Waals surface area contributed by atoms with Crippen molar-refractivity contribution in [3.05, 3.63) is 0 Å². The molecule has 2 atom stereocenters. The molecule has 1 N–H and O–H groups in total. The van der Waals surface area contributed by atoms with E-state index in [4.69, 9.17) is 10.4 Å². The number of nitriles is 1. The summed E-state index contributed by atoms with van der Waals surface area (Å²) in [5.74, 6) is -0.0741. The van der Waals surface area contributed by atoms with E-state index in [2.05, 4.69) is 6.07 Å². The van der Waals surface area contributed by atoms with Crippen molar-refractivity contribution in [3.63, 3.8) is 0 Å². The Morgan fingerprint density at radius 1 is 1.50 bits per heavy atom. The largest absolute Gasteiger partial charge is 0.392 e. The van der Waals surface area contributed by atoms with E-state index in [-0.39, 0.29) is 12.0 Å². The molecule has 44 valence electrons. The first kappa shape index (κ1) is 5.58. The van der Waals surface area contributed by atoms with Crippen molar-refractivity contribution in [1.82, 2.24) is 0 Å². The van der Waals surface area contributed by atoms with Gasteiger partial charge in [0.25, 0.3) is 0 Å². The predicted molar refractivity (Wildman–Crippen MR) is 29.0 cm³/mol. The summed E-state index contributed by atoms with van der Waals surface area (Å²) in [7, 11) is 0. The molecule has 0 heterocycles. The molecule has 2 heteroatoms. The zero-order valence-corrected chi connectivity index (χ0v) is 4.67. The number of aliphatic hydroxyl groups excluding tert-OH is 1. The van der Waals surface area contributed by atoms with Crippen LogP contribution in [-0.2, 0) is 0 Å². The van der Waals surface area contributed by atoms with E-state index < -0.39 is 0 Å². The van der Waals surface area contributed by atoms with E-state index in [1.165, 1.54) is 0 Å². The third-order valence-corrected chi connectivity index (χ3v) is 1.65. The summed E-state index contributed by atoms with van der Waals surface area (Å²) < 4.78 is 0. The second-order valence-corrected chi connectivity index (χ2v) is 2.23. The van der Waals surface area contributed by atoms with Crippen LogP contribution in [0.25, 0.3) is 0 Å². The lowest BCUT2D eigenvalue weighted by Crippen LogP contribution is -2.09. The molecule has 2 nitrogen and oxygen atoms in total. The van der Waals surface area contributed by atoms with Gasteiger partial charge >= 0.3 is 0 Å². The minimum absolute atomic E-state index is 0.0741. The molecule has 1 fully saturated rings. The quantitative estimate of drug-likeness (QED) is 0.499. The van der Waals surface area contributed by atoms with Gasteiger partial charge in [-0.3, -0.25) is 0 Å². The highest BCUT2D eigenvalue weighted by Gasteiger charge is 2.24. The van der Waals surface area contributed by atoms with Crippen LogP contribution >= 0.6 is 0 Å². The molecular formula is C6H9NO. The Hall–Kier alpha value is -0.550. The minimum atomic E-state index is -0.333. The SMILES string of the molecule is N#C[C@@H]1CCC[C@@H]1O. The Kier molecular flexibility index (Phi) is 1.50. The minimum Gasteiger partial charge on any atom is -0.392 e. The van der Waals surface area contributed by atoms with Crippen molar-refractivity contribution < 1.29 is 5.11 Å². The van der Waals surface area contributed by atoms with Gasteiger partial charge in [0.15, 0.2) is 0 Å². The van der Waals surface area contributed by atoms with Crippen LogP contribution in [0.1, 0.15) is 19.3 Å². The van der Waals surface area contributed by atoms with E-state index in [0.717, 1.165) is 19.3 Å². The van der Waals surface area contributed by atoms with Crippen molar-refractivity contribution in [1.29, 1.82) is 5.26 Å². The first-order valence-electron chi connectivity index (χ1n) is 2.92. The topological polar surface area (TPSA) is 44.0 Å². The zero-order chi connectivity index (χ0) is 5.98. The molecule has 0 amide bonds. The summed E-state index contributed by atoms with van der Waals surface area (Å²) >= 11 is 0. The Bertz CT molecular complexity index is 116. The standard InChI is InChI=1S/C6H9NO/c7-4-5-2-1-3-6(5)8/h5-6,8H,1-3H2/t5-,6-/m0/s1. The number of aliphatic hydroxyl groups is 1. The average Bonchev–Trinajstić information content (AvgIpc) is 2.14. The van der Waals surface area contributed by atoms with E-state index >= 15 is 0 Å². The summed E-state index contributed by atoms with van der Waals surface area (Å²) in [6.45, 7) is 0. The second kappa shape index (κ2) is 2.15. The van der Waals surface area contributed by atoms with Crippen LogP contribution in [0.3, 0.4) is 0 Å². The number of nitrogens with zero attached hydrogens (tertiary/aromatic N) is 1. The number of rotatable bonds is 0. The molecule has 0 aromatic rings. The van der Waals surface area contributed by atoms with Gasteiger partial charge in [-0.1, -0.05) is 0 Å². The van der Waals surface area contributed by atoms with Crippen LogP contribution in [0.5, 0.6) is 0 Å². The molecule has 0 spiro atoms. The fourth-order valence-electron chi connectivity index (χ4n) is 1.09. The highest BCUT2D eigenvalue weighted by atomic mass is 16.3. The molecule has 0 unspecified atom stereocenters. The first-order valence-corrected chi connectivity index (χ1v) is 2.92. The Balaban J connectivity index is 2.45. The van der Waals surface area contributed by atoms with Crippen LogP contribution in [0.2, 0.25) is 0 Å². The fourth-order valence-corrected chi connectivity index (χ4v) is 1.09. The van der Waals surface area contributed by atoms with Gasteiger partial charge < -0.3 is 5.11 Å². The van der Waals surface area contributed by atoms with Crippen molar-refractivity contribution in [3.8, 4) is 6.07 Å². The van der Waals surface area contributed by atoms with Gasteiger partial charge in [-0.25, -0.2) is 0 Å². The molecule has 0 aliphatic heterocycles. The van der Waals surface area contributed by atoms with Gasteiger partial charge in [-0.15, -0.1) is 0 Å². The maximum absolute atomic E-state index is 8.97. The van der Waals surface area contributed by atoms with Gasteiger partial charge in [0.2, 0.25) is 0 Å².